The van der Waals surface area contributed by atoms with Gasteiger partial charge >= 0.3 is 0 Å². The molecule has 2 aromatic heterocycles. The van der Waals surface area contributed by atoms with E-state index in [0.717, 1.165) is 31.2 Å². The number of nitrogens with zero attached hydrogens (tertiary/aromatic N) is 1. The van der Waals surface area contributed by atoms with E-state index < -0.39 is 0 Å². The van der Waals surface area contributed by atoms with Crippen molar-refractivity contribution < 1.29 is 5.11 Å². The molecule has 6 heteroatoms. The molecule has 0 aliphatic heterocycles. The van der Waals surface area contributed by atoms with Crippen molar-refractivity contribution in [3.63, 3.8) is 0 Å². The Labute approximate surface area is 114 Å². The molecule has 1 aliphatic rings. The zero-order valence-electron chi connectivity index (χ0n) is 10.6. The predicted molar refractivity (Wildman–Crippen MR) is 75.4 cm³/mol. The van der Waals surface area contributed by atoms with Gasteiger partial charge in [-0.25, -0.2) is 4.98 Å². The quantitative estimate of drug-likeness (QED) is 0.790. The molecule has 1 saturated carbocycles. The first-order chi connectivity index (χ1) is 9.22. The molecule has 1 aliphatic carbocycles. The average molecular weight is 279 g/mol. The first-order valence-corrected chi connectivity index (χ1v) is 7.43. The van der Waals surface area contributed by atoms with E-state index in [1.807, 2.05) is 11.4 Å². The number of aliphatic hydroxyl groups is 1. The molecule has 0 amide bonds. The van der Waals surface area contributed by atoms with E-state index in [4.69, 9.17) is 0 Å². The van der Waals surface area contributed by atoms with Crippen molar-refractivity contribution in [2.75, 3.05) is 6.61 Å². The smallest absolute Gasteiger partial charge is 0.268 e. The first kappa shape index (κ1) is 12.8. The Hall–Kier alpha value is -1.24. The van der Waals surface area contributed by atoms with Crippen molar-refractivity contribution in [3.8, 4) is 0 Å². The summed E-state index contributed by atoms with van der Waals surface area (Å²) in [6.07, 6.45) is 4.24. The molecule has 0 spiro atoms. The zero-order chi connectivity index (χ0) is 13.3. The van der Waals surface area contributed by atoms with E-state index in [-0.39, 0.29) is 17.7 Å². The maximum absolute atomic E-state index is 11.8. The summed E-state index contributed by atoms with van der Waals surface area (Å²) < 4.78 is 0.668. The summed E-state index contributed by atoms with van der Waals surface area (Å²) in [5.41, 5.74) is 0.471. The van der Waals surface area contributed by atoms with Crippen molar-refractivity contribution in [2.24, 2.45) is 0 Å². The van der Waals surface area contributed by atoms with Crippen molar-refractivity contribution in [1.29, 1.82) is 0 Å². The van der Waals surface area contributed by atoms with Gasteiger partial charge in [0.2, 0.25) is 0 Å². The number of aromatic amines is 1. The molecule has 0 saturated heterocycles. The number of fused-ring (bicyclic) bond motifs is 1. The van der Waals surface area contributed by atoms with E-state index >= 15 is 0 Å². The minimum atomic E-state index is -0.192. The van der Waals surface area contributed by atoms with Crippen LogP contribution in [0.25, 0.3) is 10.2 Å². The highest BCUT2D eigenvalue weighted by Gasteiger charge is 2.32. The molecule has 19 heavy (non-hydrogen) atoms. The van der Waals surface area contributed by atoms with Crippen LogP contribution in [0.2, 0.25) is 0 Å². The molecule has 0 radical (unpaired) electrons. The second-order valence-electron chi connectivity index (χ2n) is 5.15. The van der Waals surface area contributed by atoms with Crippen molar-refractivity contribution in [1.82, 2.24) is 15.3 Å². The van der Waals surface area contributed by atoms with E-state index in [1.54, 1.807) is 0 Å². The second kappa shape index (κ2) is 5.03. The molecule has 1 fully saturated rings. The maximum Gasteiger partial charge on any atom is 0.268 e. The van der Waals surface area contributed by atoms with Crippen LogP contribution in [0.1, 0.15) is 31.5 Å². The molecule has 2 heterocycles. The van der Waals surface area contributed by atoms with Crippen LogP contribution in [0, 0.1) is 0 Å². The van der Waals surface area contributed by atoms with E-state index in [2.05, 4.69) is 15.3 Å². The van der Waals surface area contributed by atoms with E-state index in [0.29, 0.717) is 17.1 Å². The summed E-state index contributed by atoms with van der Waals surface area (Å²) in [6, 6.07) is 1.86. The van der Waals surface area contributed by atoms with Crippen LogP contribution in [-0.2, 0) is 6.54 Å². The molecule has 0 unspecified atom stereocenters. The third kappa shape index (κ3) is 2.43. The van der Waals surface area contributed by atoms with Crippen LogP contribution in [0.3, 0.4) is 0 Å². The van der Waals surface area contributed by atoms with E-state index in [9.17, 15) is 9.90 Å². The number of hydrogen-bond donors (Lipinski definition) is 3. The highest BCUT2D eigenvalue weighted by atomic mass is 32.1. The number of nitrogens with one attached hydrogen (secondary N) is 2. The molecule has 5 nitrogen and oxygen atoms in total. The van der Waals surface area contributed by atoms with Gasteiger partial charge in [0.15, 0.2) is 0 Å². The molecule has 2 aromatic rings. The van der Waals surface area contributed by atoms with Crippen LogP contribution in [0.15, 0.2) is 16.2 Å². The van der Waals surface area contributed by atoms with Crippen molar-refractivity contribution in [3.05, 3.63) is 27.6 Å². The number of aliphatic hydroxyl groups excluding tert-OH is 1. The summed E-state index contributed by atoms with van der Waals surface area (Å²) >= 11 is 1.40. The van der Waals surface area contributed by atoms with Gasteiger partial charge in [0.25, 0.3) is 5.56 Å². The molecule has 0 aromatic carbocycles. The number of rotatable bonds is 4. The van der Waals surface area contributed by atoms with Crippen LogP contribution in [0.5, 0.6) is 0 Å². The Balaban J connectivity index is 1.79. The fraction of sp³-hybridized carbons (Fsp3) is 0.538. The highest BCUT2D eigenvalue weighted by Crippen LogP contribution is 2.29. The molecule has 3 N–H and O–H groups in total. The maximum atomic E-state index is 11.8. The Morgan fingerprint density at radius 3 is 3.00 bits per heavy atom. The lowest BCUT2D eigenvalue weighted by atomic mass is 9.99. The van der Waals surface area contributed by atoms with Crippen LogP contribution >= 0.6 is 11.3 Å². The Bertz CT molecular complexity index is 628. The minimum Gasteiger partial charge on any atom is -0.394 e. The molecule has 3 rings (SSSR count). The molecular formula is C13H17N3O2S. The van der Waals surface area contributed by atoms with Gasteiger partial charge in [-0.3, -0.25) is 4.79 Å². The largest absolute Gasteiger partial charge is 0.394 e. The summed E-state index contributed by atoms with van der Waals surface area (Å²) in [7, 11) is 0. The molecule has 0 bridgehead atoms. The highest BCUT2D eigenvalue weighted by molar-refractivity contribution is 7.17. The third-order valence-electron chi connectivity index (χ3n) is 3.86. The molecule has 0 atom stereocenters. The fourth-order valence-corrected chi connectivity index (χ4v) is 3.44. The summed E-state index contributed by atoms with van der Waals surface area (Å²) in [5.74, 6) is 0.635. The lowest BCUT2D eigenvalue weighted by Gasteiger charge is -2.27. The molecular weight excluding hydrogens is 262 g/mol. The van der Waals surface area contributed by atoms with Crippen LogP contribution < -0.4 is 10.9 Å². The molecule has 102 valence electrons. The van der Waals surface area contributed by atoms with Gasteiger partial charge in [-0.05, 0) is 24.3 Å². The van der Waals surface area contributed by atoms with Crippen molar-refractivity contribution in [2.45, 2.75) is 37.8 Å². The van der Waals surface area contributed by atoms with Gasteiger partial charge in [-0.15, -0.1) is 11.3 Å². The summed E-state index contributed by atoms with van der Waals surface area (Å²) in [4.78, 5) is 19.1. The normalized spacial score (nSPS) is 18.2. The first-order valence-electron chi connectivity index (χ1n) is 6.55. The minimum absolute atomic E-state index is 0.0822. The Kier molecular flexibility index (Phi) is 3.38. The second-order valence-corrected chi connectivity index (χ2v) is 6.06. The number of aromatic nitrogens is 2. The number of H-pyrrole nitrogens is 1. The van der Waals surface area contributed by atoms with Gasteiger partial charge < -0.3 is 15.4 Å². The number of thiophene rings is 1. The van der Waals surface area contributed by atoms with Crippen LogP contribution in [-0.4, -0.2) is 27.2 Å². The van der Waals surface area contributed by atoms with Gasteiger partial charge in [0.05, 0.1) is 18.7 Å². The third-order valence-corrected chi connectivity index (χ3v) is 4.76. The standard InChI is InChI=1S/C13H17N3O2S/c17-8-13(4-1-2-5-13)14-7-10-15-9-3-6-19-11(9)12(18)16-10/h3,6,14,17H,1-2,4-5,7-8H2,(H,15,16,18). The fourth-order valence-electron chi connectivity index (χ4n) is 2.72. The lowest BCUT2D eigenvalue weighted by molar-refractivity contribution is 0.162. The average Bonchev–Trinajstić information content (AvgIpc) is 3.06. The lowest BCUT2D eigenvalue weighted by Crippen LogP contribution is -2.45. The van der Waals surface area contributed by atoms with Crippen LogP contribution in [0.4, 0.5) is 0 Å². The Morgan fingerprint density at radius 2 is 2.26 bits per heavy atom. The topological polar surface area (TPSA) is 78.0 Å². The van der Waals surface area contributed by atoms with Gasteiger partial charge in [-0.1, -0.05) is 12.8 Å². The van der Waals surface area contributed by atoms with Gasteiger partial charge in [0, 0.05) is 5.54 Å². The summed E-state index contributed by atoms with van der Waals surface area (Å²) in [6.45, 7) is 0.625. The number of hydrogen-bond acceptors (Lipinski definition) is 5. The Morgan fingerprint density at radius 1 is 1.47 bits per heavy atom. The zero-order valence-corrected chi connectivity index (χ0v) is 11.4. The summed E-state index contributed by atoms with van der Waals surface area (Å²) in [5, 5.41) is 14.8. The van der Waals surface area contributed by atoms with Gasteiger partial charge in [-0.2, -0.15) is 0 Å². The van der Waals surface area contributed by atoms with Crippen molar-refractivity contribution >= 4 is 21.6 Å². The monoisotopic (exact) mass is 279 g/mol. The SMILES string of the molecule is O=c1[nH]c(CNC2(CO)CCCC2)nc2ccsc12. The predicted octanol–water partition coefficient (Wildman–Crippen LogP) is 1.38. The van der Waals surface area contributed by atoms with Gasteiger partial charge in [0.1, 0.15) is 10.5 Å². The van der Waals surface area contributed by atoms with E-state index in [1.165, 1.54) is 11.3 Å².